The lowest BCUT2D eigenvalue weighted by atomic mass is 9.32. The van der Waals surface area contributed by atoms with Gasteiger partial charge in [-0.2, -0.15) is 0 Å². The number of hydroxylamine groups is 2. The maximum Gasteiger partial charge on any atom is 0.323 e. The van der Waals surface area contributed by atoms with E-state index in [4.69, 9.17) is 14.3 Å². The Hall–Kier alpha value is -1.56. The molecule has 1 saturated heterocycles. The molecular formula is C38H61NO9. The number of carbonyl (C=O) groups excluding carboxylic acids is 1. The number of allylic oxidation sites excluding steroid dienone is 1. The smallest absolute Gasteiger partial charge is 0.323 e. The van der Waals surface area contributed by atoms with Crippen molar-refractivity contribution in [1.82, 2.24) is 5.06 Å². The van der Waals surface area contributed by atoms with Crippen LogP contribution in [-0.4, -0.2) is 88.3 Å². The average molecular weight is 676 g/mol. The van der Waals surface area contributed by atoms with Crippen LogP contribution >= 0.6 is 0 Å². The van der Waals surface area contributed by atoms with Crippen LogP contribution in [0.1, 0.15) is 106 Å². The standard InChI is InChI=1S/C38H61NO9/c1-21(2)22-11-16-38(33(44)45)18-17-36(6)23(29(22)38)9-10-26-35(5)14-13-27(34(3,4)25(35)12-15-37(26,36)7)48-28(41)19-39(46-8)32-31(43)30(42)24(40)20-47-32/h22-27,29-32,40,42-43H,1,9-20H2,2-8H3,(H,44,45)/t22-,23+,24+,25-,26+,27-,29+,30-,31-,32+,35-,36+,37+,38-/m0/s1. The Bertz CT molecular complexity index is 1290. The molecule has 0 amide bonds. The van der Waals surface area contributed by atoms with Gasteiger partial charge in [0.05, 0.1) is 19.1 Å². The van der Waals surface area contributed by atoms with Crippen LogP contribution in [0.15, 0.2) is 12.2 Å². The molecule has 0 aromatic carbocycles. The Balaban J connectivity index is 1.20. The van der Waals surface area contributed by atoms with Gasteiger partial charge in [0.15, 0.2) is 6.23 Å². The molecule has 5 saturated carbocycles. The van der Waals surface area contributed by atoms with Gasteiger partial charge in [-0.05, 0) is 117 Å². The van der Waals surface area contributed by atoms with Crippen molar-refractivity contribution < 1.29 is 44.3 Å². The molecule has 4 N–H and O–H groups in total. The molecule has 6 fully saturated rings. The van der Waals surface area contributed by atoms with E-state index in [0.717, 1.165) is 69.8 Å². The van der Waals surface area contributed by atoms with E-state index in [1.54, 1.807) is 0 Å². The third-order valence-electron chi connectivity index (χ3n) is 16.0. The lowest BCUT2D eigenvalue weighted by molar-refractivity contribution is -0.305. The SMILES string of the molecule is C=C(C)[C@@H]1CC[C@]2(C(=O)O)CC[C@]3(C)[C@H](CC[C@@H]4[C@@]5(C)CC[C@H](OC(=O)CN(OC)[C@@H]6OC[C@@H](O)[C@H](O)[C@@H]6O)C(C)(C)[C@@H]5CC[C@]43C)[C@@H]12. The van der Waals surface area contributed by atoms with E-state index in [1.165, 1.54) is 12.2 Å². The second-order valence-corrected chi connectivity index (χ2v) is 18.0. The van der Waals surface area contributed by atoms with Gasteiger partial charge in [0.1, 0.15) is 31.0 Å². The monoisotopic (exact) mass is 675 g/mol. The lowest BCUT2D eigenvalue weighted by Crippen LogP contribution is -2.67. The summed E-state index contributed by atoms with van der Waals surface area (Å²) in [6.45, 7) is 18.0. The predicted molar refractivity (Wildman–Crippen MR) is 178 cm³/mol. The first kappa shape index (κ1) is 36.2. The van der Waals surface area contributed by atoms with Crippen molar-refractivity contribution in [1.29, 1.82) is 0 Å². The first-order valence-corrected chi connectivity index (χ1v) is 18.4. The molecule has 6 rings (SSSR count). The number of carboxylic acids is 1. The molecule has 6 aliphatic rings. The third-order valence-corrected chi connectivity index (χ3v) is 16.0. The van der Waals surface area contributed by atoms with E-state index >= 15 is 0 Å². The summed E-state index contributed by atoms with van der Waals surface area (Å²) in [5, 5.41) is 42.3. The van der Waals surface area contributed by atoms with Gasteiger partial charge in [-0.25, -0.2) is 0 Å². The number of aliphatic hydroxyl groups excluding tert-OH is 3. The summed E-state index contributed by atoms with van der Waals surface area (Å²) in [5.41, 5.74) is 0.458. The Morgan fingerprint density at radius 3 is 2.23 bits per heavy atom. The quantitative estimate of drug-likeness (QED) is 0.166. The van der Waals surface area contributed by atoms with Crippen molar-refractivity contribution >= 4 is 11.9 Å². The van der Waals surface area contributed by atoms with Gasteiger partial charge in [0.25, 0.3) is 0 Å². The first-order chi connectivity index (χ1) is 22.4. The molecule has 0 radical (unpaired) electrons. The van der Waals surface area contributed by atoms with Gasteiger partial charge in [-0.3, -0.25) is 14.4 Å². The fraction of sp³-hybridized carbons (Fsp3) is 0.895. The number of carbonyl (C=O) groups is 2. The number of nitrogens with zero attached hydrogens (tertiary/aromatic N) is 1. The molecule has 272 valence electrons. The summed E-state index contributed by atoms with van der Waals surface area (Å²) >= 11 is 0. The van der Waals surface area contributed by atoms with Crippen molar-refractivity contribution in [2.24, 2.45) is 56.7 Å². The highest BCUT2D eigenvalue weighted by Crippen LogP contribution is 2.77. The van der Waals surface area contributed by atoms with Crippen LogP contribution in [0.25, 0.3) is 0 Å². The largest absolute Gasteiger partial charge is 0.481 e. The molecular weight excluding hydrogens is 614 g/mol. The van der Waals surface area contributed by atoms with Crippen molar-refractivity contribution in [2.45, 2.75) is 136 Å². The van der Waals surface area contributed by atoms with Gasteiger partial charge >= 0.3 is 11.9 Å². The molecule has 10 nitrogen and oxygen atoms in total. The Kier molecular flexibility index (Phi) is 9.28. The van der Waals surface area contributed by atoms with Crippen molar-refractivity contribution in [3.63, 3.8) is 0 Å². The highest BCUT2D eigenvalue weighted by molar-refractivity contribution is 5.76. The van der Waals surface area contributed by atoms with Crippen LogP contribution < -0.4 is 0 Å². The molecule has 0 aromatic rings. The predicted octanol–water partition coefficient (Wildman–Crippen LogP) is 4.94. The summed E-state index contributed by atoms with van der Waals surface area (Å²) in [7, 11) is 1.37. The molecule has 1 heterocycles. The van der Waals surface area contributed by atoms with Crippen LogP contribution in [0, 0.1) is 56.7 Å². The van der Waals surface area contributed by atoms with Crippen molar-refractivity contribution in [2.75, 3.05) is 20.3 Å². The molecule has 14 atom stereocenters. The van der Waals surface area contributed by atoms with E-state index in [9.17, 15) is 30.0 Å². The fourth-order valence-electron chi connectivity index (χ4n) is 13.3. The van der Waals surface area contributed by atoms with Gasteiger partial charge in [-0.1, -0.05) is 46.8 Å². The van der Waals surface area contributed by atoms with E-state index in [2.05, 4.69) is 48.1 Å². The Labute approximate surface area is 286 Å². The van der Waals surface area contributed by atoms with Gasteiger partial charge in [0.2, 0.25) is 0 Å². The zero-order valence-corrected chi connectivity index (χ0v) is 30.2. The Morgan fingerprint density at radius 2 is 1.58 bits per heavy atom. The van der Waals surface area contributed by atoms with Gasteiger partial charge in [0, 0.05) is 5.41 Å². The van der Waals surface area contributed by atoms with Crippen molar-refractivity contribution in [3.8, 4) is 0 Å². The van der Waals surface area contributed by atoms with Crippen LogP contribution in [0.4, 0.5) is 0 Å². The van der Waals surface area contributed by atoms with Gasteiger partial charge < -0.3 is 29.9 Å². The minimum absolute atomic E-state index is 0.0536. The summed E-state index contributed by atoms with van der Waals surface area (Å²) in [6.07, 6.45) is 3.94. The number of hydrogen-bond donors (Lipinski definition) is 4. The van der Waals surface area contributed by atoms with E-state index in [0.29, 0.717) is 17.8 Å². The molecule has 5 aliphatic carbocycles. The molecule has 0 aromatic heterocycles. The minimum Gasteiger partial charge on any atom is -0.481 e. The number of fused-ring (bicyclic) bond motifs is 7. The van der Waals surface area contributed by atoms with E-state index in [-0.39, 0.29) is 52.8 Å². The molecule has 0 unspecified atom stereocenters. The van der Waals surface area contributed by atoms with Crippen LogP contribution in [-0.2, 0) is 23.9 Å². The number of rotatable bonds is 7. The zero-order chi connectivity index (χ0) is 35.2. The normalized spacial score (nSPS) is 49.6. The fourth-order valence-corrected chi connectivity index (χ4v) is 13.3. The number of esters is 1. The number of hydrogen-bond acceptors (Lipinski definition) is 9. The maximum atomic E-state index is 13.4. The summed E-state index contributed by atoms with van der Waals surface area (Å²) in [4.78, 5) is 31.7. The third kappa shape index (κ3) is 5.08. The molecule has 48 heavy (non-hydrogen) atoms. The number of aliphatic hydroxyl groups is 3. The van der Waals surface area contributed by atoms with Crippen LogP contribution in [0.3, 0.4) is 0 Å². The highest BCUT2D eigenvalue weighted by atomic mass is 16.7. The number of ether oxygens (including phenoxy) is 2. The molecule has 0 bridgehead atoms. The van der Waals surface area contributed by atoms with E-state index in [1.807, 2.05) is 0 Å². The second-order valence-electron chi connectivity index (χ2n) is 18.0. The molecule has 1 aliphatic heterocycles. The lowest BCUT2D eigenvalue weighted by Gasteiger charge is -2.72. The maximum absolute atomic E-state index is 13.4. The second kappa shape index (κ2) is 12.3. The van der Waals surface area contributed by atoms with Gasteiger partial charge in [-0.15, -0.1) is 5.06 Å². The minimum atomic E-state index is -1.45. The highest BCUT2D eigenvalue weighted by Gasteiger charge is 2.72. The summed E-state index contributed by atoms with van der Waals surface area (Å²) in [6, 6.07) is 0. The first-order valence-electron chi connectivity index (χ1n) is 18.4. The Morgan fingerprint density at radius 1 is 0.875 bits per heavy atom. The zero-order valence-electron chi connectivity index (χ0n) is 30.2. The molecule has 10 heteroatoms. The van der Waals surface area contributed by atoms with E-state index < -0.39 is 41.9 Å². The average Bonchev–Trinajstić information content (AvgIpc) is 3.42. The van der Waals surface area contributed by atoms with Crippen molar-refractivity contribution in [3.05, 3.63) is 12.2 Å². The summed E-state index contributed by atoms with van der Waals surface area (Å²) in [5.74, 6) is 0.572. The summed E-state index contributed by atoms with van der Waals surface area (Å²) < 4.78 is 11.7. The molecule has 0 spiro atoms. The van der Waals surface area contributed by atoms with Crippen LogP contribution in [0.2, 0.25) is 0 Å². The number of carboxylic acid groups (broad SMARTS) is 1. The topological polar surface area (TPSA) is 146 Å². The van der Waals surface area contributed by atoms with Crippen LogP contribution in [0.5, 0.6) is 0 Å². The number of aliphatic carboxylic acids is 1.